The number of carbonyl (C=O) groups excluding carboxylic acids is 4. The summed E-state index contributed by atoms with van der Waals surface area (Å²) in [4.78, 5) is 57.3. The smallest absolute Gasteiger partial charge is 0.313 e. The molecular formula is C28H41N3O7. The second-order valence-corrected chi connectivity index (χ2v) is 11.1. The lowest BCUT2D eigenvalue weighted by Crippen LogP contribution is -2.59. The Balaban J connectivity index is 1.79. The summed E-state index contributed by atoms with van der Waals surface area (Å²) in [6.07, 6.45) is 8.43. The number of nitrogens with one attached hydrogen (secondary N) is 1. The van der Waals surface area contributed by atoms with Crippen LogP contribution in [-0.4, -0.2) is 94.7 Å². The van der Waals surface area contributed by atoms with Gasteiger partial charge < -0.3 is 29.7 Å². The fourth-order valence-electron chi connectivity index (χ4n) is 6.15. The van der Waals surface area contributed by atoms with Crippen molar-refractivity contribution in [2.45, 2.75) is 83.3 Å². The first kappa shape index (κ1) is 28.3. The topological polar surface area (TPSA) is 125 Å². The highest BCUT2D eigenvalue weighted by atomic mass is 16.6. The van der Waals surface area contributed by atoms with E-state index in [1.165, 1.54) is 4.90 Å². The van der Waals surface area contributed by atoms with E-state index in [0.29, 0.717) is 19.5 Å². The molecule has 38 heavy (non-hydrogen) atoms. The van der Waals surface area contributed by atoms with Gasteiger partial charge in [0.2, 0.25) is 17.7 Å². The summed E-state index contributed by atoms with van der Waals surface area (Å²) in [7, 11) is 0. The number of aliphatic hydroxyl groups excluding tert-OH is 1. The summed E-state index contributed by atoms with van der Waals surface area (Å²) in [6.45, 7) is 8.17. The standard InChI is InChI=1S/C28H41N3O7/c1-5-6-13-30-14-9-7-8-10-21(33)29-15-18(4)37-27(36)22-20-11-12-28(38-20)23(22)25(34)31(24(28)26(30)35)19(16-32)17(2)3/h7,9,11-12,17-20,22-24,32H,5-6,8,10,13-16H2,1-4H3,(H,29,33)/b9-7-/t18-,19-,20+,22-,23-,24+,28-/m0/s1. The highest BCUT2D eigenvalue weighted by molar-refractivity contribution is 5.99. The number of aliphatic hydroxyl groups is 1. The fourth-order valence-corrected chi connectivity index (χ4v) is 6.15. The molecule has 2 fully saturated rings. The van der Waals surface area contributed by atoms with Crippen molar-refractivity contribution < 1.29 is 33.8 Å². The Labute approximate surface area is 224 Å². The second-order valence-electron chi connectivity index (χ2n) is 11.1. The summed E-state index contributed by atoms with van der Waals surface area (Å²) < 4.78 is 12.1. The van der Waals surface area contributed by atoms with Crippen LogP contribution >= 0.6 is 0 Å². The van der Waals surface area contributed by atoms with Crippen molar-refractivity contribution in [3.05, 3.63) is 24.3 Å². The maximum Gasteiger partial charge on any atom is 0.313 e. The normalized spacial score (nSPS) is 35.5. The van der Waals surface area contributed by atoms with E-state index in [2.05, 4.69) is 5.32 Å². The highest BCUT2D eigenvalue weighted by Crippen LogP contribution is 2.56. The predicted octanol–water partition coefficient (Wildman–Crippen LogP) is 1.18. The molecule has 1 spiro atoms. The number of ether oxygens (including phenoxy) is 2. The fraction of sp³-hybridized carbons (Fsp3) is 0.714. The molecule has 0 radical (unpaired) electrons. The Hall–Kier alpha value is -2.72. The Bertz CT molecular complexity index is 995. The van der Waals surface area contributed by atoms with E-state index in [1.807, 2.05) is 32.9 Å². The lowest BCUT2D eigenvalue weighted by atomic mass is 9.74. The molecule has 2 N–H and O–H groups in total. The minimum absolute atomic E-state index is 0.133. The van der Waals surface area contributed by atoms with Gasteiger partial charge in [0.25, 0.3) is 0 Å². The SMILES string of the molecule is CCCCN1C/C=C\CCC(=O)NC[C@H](C)OC(=O)[C@@H]2[C@H]3C(=O)N([C@@H](CO)C(C)C)[C@H](C1=O)[C@]31C=C[C@H]2O1. The minimum atomic E-state index is -1.32. The quantitative estimate of drug-likeness (QED) is 0.389. The molecule has 5 bridgehead atoms. The number of allylic oxidation sites excluding steroid dienone is 1. The number of hydrogen-bond acceptors (Lipinski definition) is 7. The maximum atomic E-state index is 14.3. The van der Waals surface area contributed by atoms with Gasteiger partial charge in [0.05, 0.1) is 31.2 Å². The number of nitrogens with zero attached hydrogens (tertiary/aromatic N) is 2. The molecular weight excluding hydrogens is 490 g/mol. The van der Waals surface area contributed by atoms with Crippen molar-refractivity contribution in [1.29, 1.82) is 0 Å². The number of esters is 1. The monoisotopic (exact) mass is 531 g/mol. The van der Waals surface area contributed by atoms with Crippen molar-refractivity contribution in [2.24, 2.45) is 17.8 Å². The van der Waals surface area contributed by atoms with Crippen molar-refractivity contribution in [2.75, 3.05) is 26.2 Å². The van der Waals surface area contributed by atoms with Crippen molar-refractivity contribution in [1.82, 2.24) is 15.1 Å². The molecule has 4 rings (SSSR count). The summed E-state index contributed by atoms with van der Waals surface area (Å²) in [5.41, 5.74) is -1.32. The molecule has 4 aliphatic rings. The molecule has 10 heteroatoms. The molecule has 0 unspecified atom stereocenters. The third kappa shape index (κ3) is 5.00. The number of hydrogen-bond donors (Lipinski definition) is 2. The minimum Gasteiger partial charge on any atom is -0.460 e. The Morgan fingerprint density at radius 3 is 2.63 bits per heavy atom. The maximum absolute atomic E-state index is 14.3. The highest BCUT2D eigenvalue weighted by Gasteiger charge is 2.74. The molecule has 4 aliphatic heterocycles. The van der Waals surface area contributed by atoms with E-state index in [9.17, 15) is 24.3 Å². The molecule has 0 aromatic carbocycles. The van der Waals surface area contributed by atoms with E-state index in [4.69, 9.17) is 9.47 Å². The van der Waals surface area contributed by atoms with Crippen LogP contribution in [0.1, 0.15) is 53.4 Å². The molecule has 3 amide bonds. The first-order chi connectivity index (χ1) is 18.2. The lowest BCUT2D eigenvalue weighted by molar-refractivity contribution is -0.159. The average Bonchev–Trinajstić information content (AvgIpc) is 3.51. The summed E-state index contributed by atoms with van der Waals surface area (Å²) in [5, 5.41) is 13.1. The van der Waals surface area contributed by atoms with Crippen molar-refractivity contribution in [3.63, 3.8) is 0 Å². The van der Waals surface area contributed by atoms with Gasteiger partial charge in [-0.05, 0) is 25.7 Å². The van der Waals surface area contributed by atoms with Gasteiger partial charge in [-0.3, -0.25) is 19.2 Å². The first-order valence-electron chi connectivity index (χ1n) is 13.9. The number of carbonyl (C=O) groups is 4. The Morgan fingerprint density at radius 1 is 1.18 bits per heavy atom. The molecule has 0 saturated carbocycles. The lowest BCUT2D eigenvalue weighted by Gasteiger charge is -2.40. The summed E-state index contributed by atoms with van der Waals surface area (Å²) in [5.74, 6) is -3.38. The summed E-state index contributed by atoms with van der Waals surface area (Å²) in [6, 6.07) is -1.63. The number of unbranched alkanes of at least 4 members (excludes halogenated alkanes) is 1. The van der Waals surface area contributed by atoms with Gasteiger partial charge in [0.1, 0.15) is 23.7 Å². The third-order valence-electron chi connectivity index (χ3n) is 8.16. The van der Waals surface area contributed by atoms with Crippen LogP contribution in [0.25, 0.3) is 0 Å². The van der Waals surface area contributed by atoms with E-state index in [1.54, 1.807) is 24.0 Å². The van der Waals surface area contributed by atoms with Crippen LogP contribution in [0.15, 0.2) is 24.3 Å². The van der Waals surface area contributed by atoms with Crippen LogP contribution in [0, 0.1) is 17.8 Å². The molecule has 7 atom stereocenters. The van der Waals surface area contributed by atoms with Gasteiger partial charge in [-0.2, -0.15) is 0 Å². The van der Waals surface area contributed by atoms with Gasteiger partial charge in [-0.15, -0.1) is 0 Å². The summed E-state index contributed by atoms with van der Waals surface area (Å²) >= 11 is 0. The van der Waals surface area contributed by atoms with Crippen molar-refractivity contribution >= 4 is 23.7 Å². The number of cyclic esters (lactones) is 1. The number of likely N-dealkylation sites (tertiary alicyclic amines) is 1. The van der Waals surface area contributed by atoms with Gasteiger partial charge in [0, 0.05) is 19.5 Å². The molecule has 0 aromatic heterocycles. The van der Waals surface area contributed by atoms with Gasteiger partial charge in [-0.25, -0.2) is 0 Å². The Kier molecular flexibility index (Phi) is 8.62. The van der Waals surface area contributed by atoms with Crippen LogP contribution in [-0.2, 0) is 28.7 Å². The zero-order valence-corrected chi connectivity index (χ0v) is 22.8. The molecule has 10 nitrogen and oxygen atoms in total. The Morgan fingerprint density at radius 2 is 1.95 bits per heavy atom. The van der Waals surface area contributed by atoms with E-state index in [0.717, 1.165) is 12.8 Å². The number of amides is 3. The largest absolute Gasteiger partial charge is 0.460 e. The van der Waals surface area contributed by atoms with E-state index < -0.39 is 47.7 Å². The number of rotatable bonds is 6. The zero-order valence-electron chi connectivity index (χ0n) is 22.8. The predicted molar refractivity (Wildman–Crippen MR) is 138 cm³/mol. The molecule has 4 heterocycles. The first-order valence-corrected chi connectivity index (χ1v) is 13.9. The average molecular weight is 532 g/mol. The van der Waals surface area contributed by atoms with Crippen molar-refractivity contribution in [3.8, 4) is 0 Å². The van der Waals surface area contributed by atoms with Gasteiger partial charge in [-0.1, -0.05) is 51.5 Å². The van der Waals surface area contributed by atoms with Crippen LogP contribution in [0.3, 0.4) is 0 Å². The van der Waals surface area contributed by atoms with Crippen LogP contribution in [0.2, 0.25) is 0 Å². The second kappa shape index (κ2) is 11.6. The van der Waals surface area contributed by atoms with Gasteiger partial charge in [0.15, 0.2) is 0 Å². The third-order valence-corrected chi connectivity index (χ3v) is 8.16. The van der Waals surface area contributed by atoms with Gasteiger partial charge >= 0.3 is 5.97 Å². The van der Waals surface area contributed by atoms with E-state index in [-0.39, 0.29) is 43.2 Å². The molecule has 210 valence electrons. The van der Waals surface area contributed by atoms with E-state index >= 15 is 0 Å². The molecule has 0 aromatic rings. The zero-order chi connectivity index (χ0) is 27.6. The molecule has 2 saturated heterocycles. The number of fused-ring (bicyclic) bond motifs is 2. The van der Waals surface area contributed by atoms with Crippen LogP contribution in [0.5, 0.6) is 0 Å². The van der Waals surface area contributed by atoms with Crippen LogP contribution in [0.4, 0.5) is 0 Å². The van der Waals surface area contributed by atoms with Crippen LogP contribution < -0.4 is 5.32 Å². The molecule has 0 aliphatic carbocycles.